The van der Waals surface area contributed by atoms with Crippen molar-refractivity contribution in [2.24, 2.45) is 5.11 Å². The minimum Gasteiger partial charge on any atom is -0.302 e. The molecule has 1 rings (SSSR count). The summed E-state index contributed by atoms with van der Waals surface area (Å²) in [5.41, 5.74) is 8.70. The molecule has 6 nitrogen and oxygen atoms in total. The van der Waals surface area contributed by atoms with E-state index >= 15 is 0 Å². The van der Waals surface area contributed by atoms with E-state index in [-0.39, 0.29) is 12.5 Å². The van der Waals surface area contributed by atoms with Gasteiger partial charge in [0.05, 0.1) is 12.2 Å². The van der Waals surface area contributed by atoms with Gasteiger partial charge in [-0.1, -0.05) is 5.11 Å². The highest BCUT2D eigenvalue weighted by molar-refractivity contribution is 7.13. The maximum absolute atomic E-state index is 10.6. The zero-order valence-electron chi connectivity index (χ0n) is 6.89. The Morgan fingerprint density at radius 2 is 2.69 bits per heavy atom. The summed E-state index contributed by atoms with van der Waals surface area (Å²) in [6.45, 7) is 1.63. The second-order valence-corrected chi connectivity index (χ2v) is 3.07. The Hall–Kier alpha value is -1.59. The first-order chi connectivity index (χ1) is 6.22. The van der Waals surface area contributed by atoms with Crippen molar-refractivity contribution in [1.29, 1.82) is 0 Å². The molecule has 0 saturated carbocycles. The lowest BCUT2D eigenvalue weighted by Gasteiger charge is -1.92. The smallest absolute Gasteiger partial charge is 0.223 e. The molecule has 68 valence electrons. The number of hydrogen-bond donors (Lipinski definition) is 1. The van der Waals surface area contributed by atoms with Gasteiger partial charge in [-0.15, -0.1) is 11.3 Å². The van der Waals surface area contributed by atoms with E-state index in [4.69, 9.17) is 5.53 Å². The quantitative estimate of drug-likeness (QED) is 0.455. The predicted molar refractivity (Wildman–Crippen MR) is 49.3 cm³/mol. The van der Waals surface area contributed by atoms with Crippen molar-refractivity contribution < 1.29 is 4.79 Å². The van der Waals surface area contributed by atoms with Crippen molar-refractivity contribution in [3.8, 4) is 0 Å². The Balaban J connectivity index is 2.63. The molecule has 1 aromatic heterocycles. The molecule has 0 bridgehead atoms. The molecule has 0 saturated heterocycles. The fourth-order valence-corrected chi connectivity index (χ4v) is 1.44. The SMILES string of the molecule is CC(=O)Nc1nc(CN=[N+]=[N-])cs1. The van der Waals surface area contributed by atoms with Crippen LogP contribution in [0.2, 0.25) is 0 Å². The van der Waals surface area contributed by atoms with Crippen molar-refractivity contribution in [1.82, 2.24) is 4.98 Å². The maximum Gasteiger partial charge on any atom is 0.223 e. The minimum absolute atomic E-state index is 0.162. The first kappa shape index (κ1) is 9.50. The molecule has 0 aliphatic rings. The van der Waals surface area contributed by atoms with E-state index in [1.807, 2.05) is 0 Å². The monoisotopic (exact) mass is 197 g/mol. The van der Waals surface area contributed by atoms with Crippen molar-refractivity contribution in [2.45, 2.75) is 13.5 Å². The highest BCUT2D eigenvalue weighted by atomic mass is 32.1. The maximum atomic E-state index is 10.6. The topological polar surface area (TPSA) is 90.8 Å². The van der Waals surface area contributed by atoms with E-state index in [1.165, 1.54) is 18.3 Å². The van der Waals surface area contributed by atoms with Crippen LogP contribution in [0.4, 0.5) is 5.13 Å². The van der Waals surface area contributed by atoms with Crippen LogP contribution in [0.1, 0.15) is 12.6 Å². The van der Waals surface area contributed by atoms with E-state index in [0.717, 1.165) is 0 Å². The number of rotatable bonds is 3. The predicted octanol–water partition coefficient (Wildman–Crippen LogP) is 1.91. The van der Waals surface area contributed by atoms with Gasteiger partial charge >= 0.3 is 0 Å². The van der Waals surface area contributed by atoms with Gasteiger partial charge in [0.15, 0.2) is 5.13 Å². The number of amides is 1. The van der Waals surface area contributed by atoms with Gasteiger partial charge in [-0.05, 0) is 5.53 Å². The van der Waals surface area contributed by atoms with Gasteiger partial charge in [-0.25, -0.2) is 4.98 Å². The van der Waals surface area contributed by atoms with E-state index in [1.54, 1.807) is 5.38 Å². The molecule has 0 unspecified atom stereocenters. The van der Waals surface area contributed by atoms with E-state index in [0.29, 0.717) is 10.8 Å². The summed E-state index contributed by atoms with van der Waals surface area (Å²) in [6, 6.07) is 0. The number of carbonyl (C=O) groups excluding carboxylic acids is 1. The fourth-order valence-electron chi connectivity index (χ4n) is 0.692. The van der Waals surface area contributed by atoms with Crippen molar-refractivity contribution in [2.75, 3.05) is 5.32 Å². The molecule has 0 spiro atoms. The highest BCUT2D eigenvalue weighted by Gasteiger charge is 2.01. The summed E-state index contributed by atoms with van der Waals surface area (Å²) in [7, 11) is 0. The normalized spacial score (nSPS) is 9.00. The Morgan fingerprint density at radius 1 is 1.92 bits per heavy atom. The van der Waals surface area contributed by atoms with E-state index in [2.05, 4.69) is 20.3 Å². The summed E-state index contributed by atoms with van der Waals surface area (Å²) in [4.78, 5) is 17.2. The fraction of sp³-hybridized carbons (Fsp3) is 0.333. The highest BCUT2D eigenvalue weighted by Crippen LogP contribution is 2.15. The largest absolute Gasteiger partial charge is 0.302 e. The Labute approximate surface area is 78.2 Å². The van der Waals surface area contributed by atoms with Gasteiger partial charge in [-0.3, -0.25) is 4.79 Å². The molecule has 1 aromatic rings. The molecular weight excluding hydrogens is 190 g/mol. The molecule has 0 aliphatic heterocycles. The molecule has 1 amide bonds. The van der Waals surface area contributed by atoms with Crippen molar-refractivity contribution in [3.63, 3.8) is 0 Å². The molecule has 7 heteroatoms. The van der Waals surface area contributed by atoms with Crippen LogP contribution in [-0.2, 0) is 11.3 Å². The first-order valence-corrected chi connectivity index (χ1v) is 4.33. The van der Waals surface area contributed by atoms with Gasteiger partial charge < -0.3 is 5.32 Å². The average Bonchev–Trinajstić information content (AvgIpc) is 2.48. The number of aromatic nitrogens is 1. The average molecular weight is 197 g/mol. The van der Waals surface area contributed by atoms with Crippen LogP contribution in [0, 0.1) is 0 Å². The molecular formula is C6H7N5OS. The third-order valence-electron chi connectivity index (χ3n) is 1.13. The van der Waals surface area contributed by atoms with Crippen LogP contribution < -0.4 is 5.32 Å². The summed E-state index contributed by atoms with van der Waals surface area (Å²) in [6.07, 6.45) is 0. The van der Waals surface area contributed by atoms with Gasteiger partial charge in [0.2, 0.25) is 5.91 Å². The van der Waals surface area contributed by atoms with Crippen LogP contribution in [0.3, 0.4) is 0 Å². The number of anilines is 1. The lowest BCUT2D eigenvalue weighted by molar-refractivity contribution is -0.114. The number of nitrogens with zero attached hydrogens (tertiary/aromatic N) is 4. The number of thiazole rings is 1. The summed E-state index contributed by atoms with van der Waals surface area (Å²) in [5, 5.41) is 8.14. The summed E-state index contributed by atoms with van der Waals surface area (Å²) in [5.74, 6) is -0.162. The zero-order valence-corrected chi connectivity index (χ0v) is 7.71. The zero-order chi connectivity index (χ0) is 9.68. The van der Waals surface area contributed by atoms with Gasteiger partial charge in [-0.2, -0.15) is 0 Å². The first-order valence-electron chi connectivity index (χ1n) is 3.45. The molecule has 0 fully saturated rings. The van der Waals surface area contributed by atoms with Crippen molar-refractivity contribution >= 4 is 22.4 Å². The van der Waals surface area contributed by atoms with Gasteiger partial charge in [0.1, 0.15) is 0 Å². The Kier molecular flexibility index (Phi) is 3.24. The second kappa shape index (κ2) is 4.44. The number of carbonyl (C=O) groups is 1. The Bertz CT molecular complexity index is 335. The van der Waals surface area contributed by atoms with Crippen molar-refractivity contribution in [3.05, 3.63) is 21.5 Å². The van der Waals surface area contributed by atoms with Crippen LogP contribution in [-0.4, -0.2) is 10.9 Å². The number of nitrogens with one attached hydrogen (secondary N) is 1. The van der Waals surface area contributed by atoms with E-state index < -0.39 is 0 Å². The summed E-state index contributed by atoms with van der Waals surface area (Å²) >= 11 is 1.30. The molecule has 13 heavy (non-hydrogen) atoms. The van der Waals surface area contributed by atoms with Crippen LogP contribution in [0.5, 0.6) is 0 Å². The molecule has 1 N–H and O–H groups in total. The van der Waals surface area contributed by atoms with Crippen LogP contribution in [0.25, 0.3) is 10.4 Å². The lowest BCUT2D eigenvalue weighted by Crippen LogP contribution is -2.05. The van der Waals surface area contributed by atoms with Gasteiger partial charge in [0.25, 0.3) is 0 Å². The number of hydrogen-bond acceptors (Lipinski definition) is 4. The van der Waals surface area contributed by atoms with Crippen LogP contribution in [0.15, 0.2) is 10.5 Å². The minimum atomic E-state index is -0.162. The standard InChI is InChI=1S/C6H7N5OS/c1-4(12)9-6-10-5(3-13-6)2-8-11-7/h3H,2H2,1H3,(H,9,10,12). The second-order valence-electron chi connectivity index (χ2n) is 2.21. The Morgan fingerprint density at radius 3 is 3.31 bits per heavy atom. The third-order valence-corrected chi connectivity index (χ3v) is 1.94. The number of azide groups is 1. The molecule has 0 aromatic carbocycles. The van der Waals surface area contributed by atoms with Gasteiger partial charge in [0, 0.05) is 17.2 Å². The lowest BCUT2D eigenvalue weighted by atomic mass is 10.5. The molecule has 1 heterocycles. The molecule has 0 atom stereocenters. The summed E-state index contributed by atoms with van der Waals surface area (Å²) < 4.78 is 0. The van der Waals surface area contributed by atoms with E-state index in [9.17, 15) is 4.79 Å². The molecule has 0 radical (unpaired) electrons. The molecule has 0 aliphatic carbocycles. The third kappa shape index (κ3) is 3.10. The van der Waals surface area contributed by atoms with Crippen LogP contribution >= 0.6 is 11.3 Å².